The predicted molar refractivity (Wildman–Crippen MR) is 58.4 cm³/mol. The molecule has 1 rings (SSSR count). The summed E-state index contributed by atoms with van der Waals surface area (Å²) in [6, 6.07) is 0. The zero-order chi connectivity index (χ0) is 11.6. The first-order valence-electron chi connectivity index (χ1n) is 4.11. The van der Waals surface area contributed by atoms with E-state index >= 15 is 0 Å². The van der Waals surface area contributed by atoms with Crippen LogP contribution in [0.5, 0.6) is 0 Å². The van der Waals surface area contributed by atoms with Gasteiger partial charge in [0.05, 0.1) is 4.92 Å². The molecule has 82 valence electrons. The molecule has 0 bridgehead atoms. The average molecular weight is 229 g/mol. The average Bonchev–Trinajstić information content (AvgIpc) is 2.32. The number of thiazole rings is 1. The van der Waals surface area contributed by atoms with Gasteiger partial charge in [-0.15, -0.1) is 11.3 Å². The molecule has 0 atom stereocenters. The molecule has 0 aromatic carbocycles. The van der Waals surface area contributed by atoms with E-state index in [2.05, 4.69) is 0 Å². The van der Waals surface area contributed by atoms with Crippen LogP contribution in [0.4, 0.5) is 0 Å². The van der Waals surface area contributed by atoms with E-state index in [4.69, 9.17) is 0 Å². The Kier molecular flexibility index (Phi) is 3.25. The van der Waals surface area contributed by atoms with Gasteiger partial charge in [0, 0.05) is 27.3 Å². The summed E-state index contributed by atoms with van der Waals surface area (Å²) < 4.78 is 2.08. The smallest absolute Gasteiger partial charge is 0.270 e. The fourth-order valence-corrected chi connectivity index (χ4v) is 2.08. The number of hydrogen-bond acceptors (Lipinski definition) is 5. The highest BCUT2D eigenvalue weighted by atomic mass is 32.1. The highest BCUT2D eigenvalue weighted by molar-refractivity contribution is 7.07. The van der Waals surface area contributed by atoms with Crippen molar-refractivity contribution in [3.05, 3.63) is 29.7 Å². The third kappa shape index (κ3) is 2.66. The van der Waals surface area contributed by atoms with Gasteiger partial charge in [-0.05, 0) is 0 Å². The van der Waals surface area contributed by atoms with Gasteiger partial charge in [-0.1, -0.05) is 0 Å². The summed E-state index contributed by atoms with van der Waals surface area (Å²) in [6.45, 7) is 0. The quantitative estimate of drug-likeness (QED) is 0.470. The summed E-state index contributed by atoms with van der Waals surface area (Å²) in [4.78, 5) is 23.0. The van der Waals surface area contributed by atoms with E-state index in [0.717, 1.165) is 17.5 Å². The minimum Gasteiger partial charge on any atom is -0.382 e. The minimum absolute atomic E-state index is 0.221. The summed E-state index contributed by atoms with van der Waals surface area (Å²) in [5, 5.41) is 10.3. The topological polar surface area (TPSA) is 68.4 Å². The Labute approximate surface area is 89.5 Å². The largest absolute Gasteiger partial charge is 0.382 e. The van der Waals surface area contributed by atoms with E-state index in [0.29, 0.717) is 9.20 Å². The maximum Gasteiger partial charge on any atom is 0.270 e. The van der Waals surface area contributed by atoms with Crippen LogP contribution < -0.4 is 14.8 Å². The third-order valence-corrected chi connectivity index (χ3v) is 2.74. The van der Waals surface area contributed by atoms with Gasteiger partial charge in [0.2, 0.25) is 0 Å². The van der Waals surface area contributed by atoms with Crippen LogP contribution in [0.15, 0.2) is 4.79 Å². The fourth-order valence-electron chi connectivity index (χ4n) is 1.01. The Balaban J connectivity index is 3.51. The molecule has 0 amide bonds. The second-order valence-corrected chi connectivity index (χ2v) is 4.24. The first kappa shape index (κ1) is 11.4. The van der Waals surface area contributed by atoms with Crippen LogP contribution in [0.3, 0.4) is 0 Å². The number of nitro groups is 1. The lowest BCUT2D eigenvalue weighted by molar-refractivity contribution is -0.363. The van der Waals surface area contributed by atoms with Crippen molar-refractivity contribution < 1.29 is 4.92 Å². The first-order valence-corrected chi connectivity index (χ1v) is 4.93. The summed E-state index contributed by atoms with van der Waals surface area (Å²) in [5.74, 6) is 0. The van der Waals surface area contributed by atoms with Gasteiger partial charge in [0.25, 0.3) is 11.8 Å². The maximum absolute atomic E-state index is 11.6. The normalized spacial score (nSPS) is 13.3. The standard InChI is InChI=1S/C8H11N3O3S/c1-9(2)4-6-8(12)10(3)7(15-6)5-11(13)14/h4-5H,1-3H3/b6-4-,7-5+. The lowest BCUT2D eigenvalue weighted by atomic mass is 10.7. The molecule has 0 saturated heterocycles. The van der Waals surface area contributed by atoms with Crippen molar-refractivity contribution in [2.24, 2.45) is 7.05 Å². The monoisotopic (exact) mass is 229 g/mol. The Morgan fingerprint density at radius 2 is 2.13 bits per heavy atom. The fraction of sp³-hybridized carbons (Fsp3) is 0.375. The highest BCUT2D eigenvalue weighted by Gasteiger charge is 2.02. The van der Waals surface area contributed by atoms with E-state index in [1.807, 2.05) is 0 Å². The van der Waals surface area contributed by atoms with Crippen molar-refractivity contribution in [3.8, 4) is 0 Å². The molecule has 0 aliphatic heterocycles. The van der Waals surface area contributed by atoms with Crippen LogP contribution >= 0.6 is 11.3 Å². The summed E-state index contributed by atoms with van der Waals surface area (Å²) in [6.07, 6.45) is 2.48. The molecule has 1 aromatic heterocycles. The maximum atomic E-state index is 11.6. The molecule has 1 heterocycles. The molecule has 0 spiro atoms. The van der Waals surface area contributed by atoms with E-state index in [9.17, 15) is 14.9 Å². The highest BCUT2D eigenvalue weighted by Crippen LogP contribution is 1.78. The van der Waals surface area contributed by atoms with Crippen molar-refractivity contribution >= 4 is 23.7 Å². The Hall–Kier alpha value is -1.63. The third-order valence-electron chi connectivity index (χ3n) is 1.65. The number of hydrogen-bond donors (Lipinski definition) is 0. The van der Waals surface area contributed by atoms with Crippen LogP contribution in [0.2, 0.25) is 0 Å². The van der Waals surface area contributed by atoms with Crippen molar-refractivity contribution in [3.63, 3.8) is 0 Å². The van der Waals surface area contributed by atoms with E-state index in [-0.39, 0.29) is 5.56 Å². The van der Waals surface area contributed by atoms with Crippen LogP contribution in [-0.2, 0) is 7.05 Å². The van der Waals surface area contributed by atoms with Crippen LogP contribution in [0, 0.1) is 10.1 Å². The Bertz CT molecular complexity index is 540. The number of aromatic nitrogens is 1. The van der Waals surface area contributed by atoms with Crippen molar-refractivity contribution in [2.45, 2.75) is 0 Å². The molecule has 0 fully saturated rings. The molecule has 0 aliphatic carbocycles. The lowest BCUT2D eigenvalue weighted by Crippen LogP contribution is -2.30. The molecule has 0 saturated carbocycles. The van der Waals surface area contributed by atoms with Crippen LogP contribution in [0.25, 0.3) is 12.4 Å². The predicted octanol–water partition coefficient (Wildman–Crippen LogP) is -1.24. The SMILES string of the molecule is CN(C)/C=c1\s/c(=C/[N+](=O)[O-])n(C)c1=O. The molecule has 0 unspecified atom stereocenters. The van der Waals surface area contributed by atoms with Gasteiger partial charge in [0.15, 0.2) is 4.66 Å². The zero-order valence-corrected chi connectivity index (χ0v) is 9.45. The van der Waals surface area contributed by atoms with Gasteiger partial charge in [-0.2, -0.15) is 0 Å². The van der Waals surface area contributed by atoms with Crippen molar-refractivity contribution in [1.29, 1.82) is 0 Å². The van der Waals surface area contributed by atoms with Gasteiger partial charge >= 0.3 is 0 Å². The molecule has 0 radical (unpaired) electrons. The second-order valence-electron chi connectivity index (χ2n) is 3.18. The molecule has 15 heavy (non-hydrogen) atoms. The molecule has 6 nitrogen and oxygen atoms in total. The van der Waals surface area contributed by atoms with Crippen molar-refractivity contribution in [2.75, 3.05) is 14.1 Å². The number of rotatable bonds is 2. The summed E-state index contributed by atoms with van der Waals surface area (Å²) >= 11 is 1.10. The molecular formula is C8H11N3O3S. The lowest BCUT2D eigenvalue weighted by Gasteiger charge is -1.99. The number of nitrogens with zero attached hydrogens (tertiary/aromatic N) is 3. The van der Waals surface area contributed by atoms with Crippen LogP contribution in [0.1, 0.15) is 0 Å². The van der Waals surface area contributed by atoms with Gasteiger partial charge in [0.1, 0.15) is 4.53 Å². The summed E-state index contributed by atoms with van der Waals surface area (Å²) in [7, 11) is 5.09. The second kappa shape index (κ2) is 4.26. The summed E-state index contributed by atoms with van der Waals surface area (Å²) in [5.41, 5.74) is -0.221. The van der Waals surface area contributed by atoms with Gasteiger partial charge in [-0.25, -0.2) is 0 Å². The molecular weight excluding hydrogens is 218 g/mol. The Morgan fingerprint density at radius 3 is 2.60 bits per heavy atom. The zero-order valence-electron chi connectivity index (χ0n) is 8.63. The minimum atomic E-state index is -0.565. The van der Waals surface area contributed by atoms with E-state index in [1.165, 1.54) is 11.6 Å². The Morgan fingerprint density at radius 1 is 1.53 bits per heavy atom. The van der Waals surface area contributed by atoms with E-state index in [1.54, 1.807) is 25.2 Å². The molecule has 0 N–H and O–H groups in total. The molecule has 1 aromatic rings. The van der Waals surface area contributed by atoms with Gasteiger partial charge < -0.3 is 4.90 Å². The first-order chi connectivity index (χ1) is 6.91. The van der Waals surface area contributed by atoms with Crippen molar-refractivity contribution in [1.82, 2.24) is 9.47 Å². The molecule has 0 aliphatic rings. The van der Waals surface area contributed by atoms with Gasteiger partial charge in [-0.3, -0.25) is 19.5 Å². The van der Waals surface area contributed by atoms with Crippen LogP contribution in [-0.4, -0.2) is 28.5 Å². The van der Waals surface area contributed by atoms with E-state index < -0.39 is 4.92 Å². The molecule has 7 heteroatoms.